The molecule has 0 saturated heterocycles. The lowest BCUT2D eigenvalue weighted by Gasteiger charge is -2.37. The van der Waals surface area contributed by atoms with Crippen molar-refractivity contribution in [3.8, 4) is 0 Å². The highest BCUT2D eigenvalue weighted by Crippen LogP contribution is 2.29. The van der Waals surface area contributed by atoms with Crippen molar-refractivity contribution in [2.45, 2.75) is 50.8 Å². The monoisotopic (exact) mass is 267 g/mol. The quantitative estimate of drug-likeness (QED) is 0.904. The van der Waals surface area contributed by atoms with Crippen molar-refractivity contribution in [1.29, 1.82) is 0 Å². The van der Waals surface area contributed by atoms with Gasteiger partial charge in [-0.1, -0.05) is 23.7 Å². The normalized spacial score (nSPS) is 26.3. The first kappa shape index (κ1) is 13.9. The van der Waals surface area contributed by atoms with E-state index in [-0.39, 0.29) is 6.10 Å². The van der Waals surface area contributed by atoms with E-state index in [0.29, 0.717) is 12.1 Å². The molecule has 1 N–H and O–H groups in total. The van der Waals surface area contributed by atoms with Gasteiger partial charge in [0.2, 0.25) is 0 Å². The van der Waals surface area contributed by atoms with E-state index in [4.69, 9.17) is 11.6 Å². The van der Waals surface area contributed by atoms with Crippen molar-refractivity contribution in [3.63, 3.8) is 0 Å². The molecule has 0 amide bonds. The third-order valence-corrected chi connectivity index (χ3v) is 4.46. The van der Waals surface area contributed by atoms with Gasteiger partial charge in [0.05, 0.1) is 6.10 Å². The summed E-state index contributed by atoms with van der Waals surface area (Å²) in [5.74, 6) is 0. The lowest BCUT2D eigenvalue weighted by atomic mass is 9.91. The van der Waals surface area contributed by atoms with Crippen LogP contribution in [0.4, 0.5) is 0 Å². The Balaban J connectivity index is 1.99. The highest BCUT2D eigenvalue weighted by molar-refractivity contribution is 6.30. The van der Waals surface area contributed by atoms with Crippen LogP contribution in [-0.2, 0) is 0 Å². The predicted molar refractivity (Wildman–Crippen MR) is 75.9 cm³/mol. The van der Waals surface area contributed by atoms with Crippen LogP contribution in [0.1, 0.15) is 44.2 Å². The molecule has 1 atom stereocenters. The van der Waals surface area contributed by atoms with Gasteiger partial charge in [0, 0.05) is 17.1 Å². The number of nitrogens with zero attached hydrogens (tertiary/aromatic N) is 1. The minimum absolute atomic E-state index is 0.0829. The number of aliphatic hydroxyl groups is 1. The third kappa shape index (κ3) is 3.25. The van der Waals surface area contributed by atoms with Crippen LogP contribution in [0.3, 0.4) is 0 Å². The molecular formula is C15H22ClNO. The number of aliphatic hydroxyl groups excluding tert-OH is 1. The number of hydrogen-bond donors (Lipinski definition) is 1. The van der Waals surface area contributed by atoms with Crippen molar-refractivity contribution >= 4 is 11.6 Å². The second-order valence-electron chi connectivity index (χ2n) is 5.36. The Labute approximate surface area is 115 Å². The minimum Gasteiger partial charge on any atom is -0.393 e. The molecule has 1 fully saturated rings. The average Bonchev–Trinajstić information content (AvgIpc) is 2.39. The molecule has 1 aromatic carbocycles. The molecule has 3 heteroatoms. The van der Waals surface area contributed by atoms with Gasteiger partial charge < -0.3 is 5.11 Å². The van der Waals surface area contributed by atoms with E-state index in [1.54, 1.807) is 0 Å². The number of halogens is 1. The largest absolute Gasteiger partial charge is 0.393 e. The molecule has 1 aromatic rings. The second kappa shape index (κ2) is 6.05. The van der Waals surface area contributed by atoms with Crippen molar-refractivity contribution in [1.82, 2.24) is 4.90 Å². The Morgan fingerprint density at radius 1 is 1.17 bits per heavy atom. The molecule has 1 aliphatic carbocycles. The Morgan fingerprint density at radius 2 is 1.72 bits per heavy atom. The molecule has 1 saturated carbocycles. The van der Waals surface area contributed by atoms with Gasteiger partial charge in [-0.05, 0) is 57.4 Å². The zero-order valence-corrected chi connectivity index (χ0v) is 11.9. The van der Waals surface area contributed by atoms with Crippen molar-refractivity contribution in [2.75, 3.05) is 7.05 Å². The Hall–Kier alpha value is -0.570. The zero-order valence-electron chi connectivity index (χ0n) is 11.1. The van der Waals surface area contributed by atoms with Crippen LogP contribution in [0, 0.1) is 0 Å². The summed E-state index contributed by atoms with van der Waals surface area (Å²) in [5, 5.41) is 10.3. The molecule has 0 radical (unpaired) electrons. The molecule has 2 rings (SSSR count). The lowest BCUT2D eigenvalue weighted by molar-refractivity contribution is 0.0699. The van der Waals surface area contributed by atoms with Crippen LogP contribution in [0.25, 0.3) is 0 Å². The van der Waals surface area contributed by atoms with E-state index < -0.39 is 0 Å². The molecule has 0 aliphatic heterocycles. The van der Waals surface area contributed by atoms with E-state index in [0.717, 1.165) is 30.7 Å². The summed E-state index contributed by atoms with van der Waals surface area (Å²) in [6.45, 7) is 2.23. The SMILES string of the molecule is CC(c1ccc(Cl)cc1)N(C)C1CCC(O)CC1. The molecule has 1 aliphatic rings. The minimum atomic E-state index is -0.0829. The van der Waals surface area contributed by atoms with Crippen molar-refractivity contribution < 1.29 is 5.11 Å². The summed E-state index contributed by atoms with van der Waals surface area (Å²) in [4.78, 5) is 2.43. The zero-order chi connectivity index (χ0) is 13.1. The van der Waals surface area contributed by atoms with Gasteiger partial charge >= 0.3 is 0 Å². The molecular weight excluding hydrogens is 246 g/mol. The van der Waals surface area contributed by atoms with Crippen LogP contribution >= 0.6 is 11.6 Å². The van der Waals surface area contributed by atoms with Crippen molar-refractivity contribution in [3.05, 3.63) is 34.9 Å². The van der Waals surface area contributed by atoms with E-state index in [2.05, 4.69) is 31.0 Å². The first-order chi connectivity index (χ1) is 8.58. The molecule has 0 heterocycles. The van der Waals surface area contributed by atoms with Crippen LogP contribution in [0.2, 0.25) is 5.02 Å². The summed E-state index contributed by atoms with van der Waals surface area (Å²) in [6, 6.07) is 9.07. The molecule has 0 aromatic heterocycles. The smallest absolute Gasteiger partial charge is 0.0541 e. The molecule has 2 nitrogen and oxygen atoms in total. The molecule has 0 spiro atoms. The standard InChI is InChI=1S/C15H22ClNO/c1-11(12-3-5-13(16)6-4-12)17(2)14-7-9-15(18)10-8-14/h3-6,11,14-15,18H,7-10H2,1-2H3. The highest BCUT2D eigenvalue weighted by atomic mass is 35.5. The molecule has 100 valence electrons. The Morgan fingerprint density at radius 3 is 2.28 bits per heavy atom. The topological polar surface area (TPSA) is 23.5 Å². The molecule has 1 unspecified atom stereocenters. The fourth-order valence-corrected chi connectivity index (χ4v) is 2.88. The van der Waals surface area contributed by atoms with Crippen LogP contribution in [0.5, 0.6) is 0 Å². The van der Waals surface area contributed by atoms with Crippen LogP contribution < -0.4 is 0 Å². The van der Waals surface area contributed by atoms with Gasteiger partial charge in [-0.3, -0.25) is 4.90 Å². The fourth-order valence-electron chi connectivity index (χ4n) is 2.76. The predicted octanol–water partition coefficient (Wildman–Crippen LogP) is 3.64. The number of rotatable bonds is 3. The van der Waals surface area contributed by atoms with Gasteiger partial charge in [-0.25, -0.2) is 0 Å². The highest BCUT2D eigenvalue weighted by Gasteiger charge is 2.25. The average molecular weight is 268 g/mol. The third-order valence-electron chi connectivity index (χ3n) is 4.21. The second-order valence-corrected chi connectivity index (χ2v) is 5.79. The van der Waals surface area contributed by atoms with Gasteiger partial charge in [-0.2, -0.15) is 0 Å². The van der Waals surface area contributed by atoms with E-state index in [9.17, 15) is 5.11 Å². The van der Waals surface area contributed by atoms with Crippen LogP contribution in [-0.4, -0.2) is 29.2 Å². The van der Waals surface area contributed by atoms with Crippen molar-refractivity contribution in [2.24, 2.45) is 0 Å². The number of hydrogen-bond acceptors (Lipinski definition) is 2. The summed E-state index contributed by atoms with van der Waals surface area (Å²) in [6.07, 6.45) is 3.97. The van der Waals surface area contributed by atoms with E-state index in [1.165, 1.54) is 5.56 Å². The first-order valence-corrected chi connectivity index (χ1v) is 7.11. The summed E-state index contributed by atoms with van der Waals surface area (Å²) >= 11 is 5.92. The molecule has 18 heavy (non-hydrogen) atoms. The Kier molecular flexibility index (Phi) is 4.66. The summed E-state index contributed by atoms with van der Waals surface area (Å²) in [5.41, 5.74) is 1.30. The van der Waals surface area contributed by atoms with Gasteiger partial charge in [-0.15, -0.1) is 0 Å². The van der Waals surface area contributed by atoms with Crippen LogP contribution in [0.15, 0.2) is 24.3 Å². The fraction of sp³-hybridized carbons (Fsp3) is 0.600. The number of benzene rings is 1. The maximum Gasteiger partial charge on any atom is 0.0541 e. The maximum absolute atomic E-state index is 9.56. The summed E-state index contributed by atoms with van der Waals surface area (Å²) in [7, 11) is 2.18. The summed E-state index contributed by atoms with van der Waals surface area (Å²) < 4.78 is 0. The maximum atomic E-state index is 9.56. The first-order valence-electron chi connectivity index (χ1n) is 6.73. The molecule has 0 bridgehead atoms. The lowest BCUT2D eigenvalue weighted by Crippen LogP contribution is -2.37. The van der Waals surface area contributed by atoms with Gasteiger partial charge in [0.1, 0.15) is 0 Å². The van der Waals surface area contributed by atoms with E-state index in [1.807, 2.05) is 12.1 Å². The van der Waals surface area contributed by atoms with Gasteiger partial charge in [0.25, 0.3) is 0 Å². The van der Waals surface area contributed by atoms with E-state index >= 15 is 0 Å². The Bertz CT molecular complexity index is 371. The van der Waals surface area contributed by atoms with Gasteiger partial charge in [0.15, 0.2) is 0 Å².